The lowest BCUT2D eigenvalue weighted by Gasteiger charge is -2.16. The van der Waals surface area contributed by atoms with Crippen molar-refractivity contribution in [2.45, 2.75) is 13.0 Å². The summed E-state index contributed by atoms with van der Waals surface area (Å²) in [6, 6.07) is 16.0. The number of fused-ring (bicyclic) bond motifs is 1. The summed E-state index contributed by atoms with van der Waals surface area (Å²) in [5.74, 6) is 0.683. The van der Waals surface area contributed by atoms with E-state index >= 15 is 0 Å². The Kier molecular flexibility index (Phi) is 5.35. The van der Waals surface area contributed by atoms with E-state index in [-0.39, 0.29) is 18.5 Å². The van der Waals surface area contributed by atoms with Gasteiger partial charge in [-0.05, 0) is 36.8 Å². The molecule has 0 aliphatic heterocycles. The molecule has 0 aliphatic rings. The van der Waals surface area contributed by atoms with E-state index < -0.39 is 0 Å². The predicted octanol–water partition coefficient (Wildman–Crippen LogP) is 3.53. The van der Waals surface area contributed by atoms with Crippen LogP contribution in [0.4, 0.5) is 16.2 Å². The molecule has 8 heteroatoms. The van der Waals surface area contributed by atoms with E-state index in [1.807, 2.05) is 37.3 Å². The second-order valence-corrected chi connectivity index (χ2v) is 6.59. The number of benzene rings is 2. The Balaban J connectivity index is 1.76. The maximum Gasteiger partial charge on any atom is 0.227 e. The fourth-order valence-corrected chi connectivity index (χ4v) is 3.07. The van der Waals surface area contributed by atoms with Crippen molar-refractivity contribution >= 4 is 22.8 Å². The van der Waals surface area contributed by atoms with Crippen molar-refractivity contribution in [1.82, 2.24) is 19.7 Å². The molecule has 3 N–H and O–H groups in total. The Morgan fingerprint density at radius 3 is 2.55 bits per heavy atom. The molecule has 4 aromatic rings. The Hall–Kier alpha value is -3.52. The summed E-state index contributed by atoms with van der Waals surface area (Å²) in [6.07, 6.45) is 1.66. The third-order valence-electron chi connectivity index (χ3n) is 4.55. The van der Waals surface area contributed by atoms with Crippen molar-refractivity contribution < 1.29 is 9.50 Å². The largest absolute Gasteiger partial charge is 0.395 e. The molecule has 0 amide bonds. The summed E-state index contributed by atoms with van der Waals surface area (Å²) in [6.45, 7) is 2.35. The topological polar surface area (TPSA) is 87.9 Å². The molecule has 0 spiro atoms. The van der Waals surface area contributed by atoms with Gasteiger partial charge in [0.05, 0.1) is 29.9 Å². The fourth-order valence-electron chi connectivity index (χ4n) is 3.07. The minimum atomic E-state index is -0.316. The van der Waals surface area contributed by atoms with Gasteiger partial charge in [-0.25, -0.2) is 9.07 Å². The molecule has 7 nitrogen and oxygen atoms in total. The molecule has 0 radical (unpaired) electrons. The number of halogens is 1. The summed E-state index contributed by atoms with van der Waals surface area (Å²) in [5, 5.41) is 20.7. The Morgan fingerprint density at radius 2 is 1.83 bits per heavy atom. The molecule has 4 rings (SSSR count). The van der Waals surface area contributed by atoms with Crippen LogP contribution in [0.2, 0.25) is 0 Å². The first-order valence-corrected chi connectivity index (χ1v) is 9.33. The number of aliphatic hydroxyl groups is 1. The van der Waals surface area contributed by atoms with Crippen LogP contribution >= 0.6 is 0 Å². The van der Waals surface area contributed by atoms with E-state index in [2.05, 4.69) is 25.7 Å². The van der Waals surface area contributed by atoms with Crippen LogP contribution in [0.1, 0.15) is 18.5 Å². The maximum atomic E-state index is 13.3. The van der Waals surface area contributed by atoms with Crippen molar-refractivity contribution in [3.8, 4) is 5.69 Å². The molecule has 0 bridgehead atoms. The van der Waals surface area contributed by atoms with Gasteiger partial charge in [-0.2, -0.15) is 15.1 Å². The van der Waals surface area contributed by atoms with Gasteiger partial charge in [-0.1, -0.05) is 30.3 Å². The number of aromatic nitrogens is 4. The normalized spacial score (nSPS) is 12.1. The third kappa shape index (κ3) is 4.02. The lowest BCUT2D eigenvalue weighted by molar-refractivity contribution is 0.311. The van der Waals surface area contributed by atoms with Gasteiger partial charge in [0.1, 0.15) is 11.6 Å². The second-order valence-electron chi connectivity index (χ2n) is 6.59. The lowest BCUT2D eigenvalue weighted by atomic mass is 10.1. The van der Waals surface area contributed by atoms with Crippen LogP contribution in [-0.2, 0) is 0 Å². The molecule has 0 saturated heterocycles. The van der Waals surface area contributed by atoms with Crippen LogP contribution in [0.15, 0.2) is 60.8 Å². The van der Waals surface area contributed by atoms with E-state index in [0.717, 1.165) is 5.56 Å². The minimum Gasteiger partial charge on any atom is -0.395 e. The van der Waals surface area contributed by atoms with Gasteiger partial charge in [0.15, 0.2) is 5.65 Å². The number of nitrogens with zero attached hydrogens (tertiary/aromatic N) is 4. The third-order valence-corrected chi connectivity index (χ3v) is 4.55. The van der Waals surface area contributed by atoms with Crippen LogP contribution in [0.5, 0.6) is 0 Å². The first-order chi connectivity index (χ1) is 14.2. The van der Waals surface area contributed by atoms with E-state index in [1.165, 1.54) is 12.1 Å². The van der Waals surface area contributed by atoms with Gasteiger partial charge in [0, 0.05) is 6.54 Å². The van der Waals surface area contributed by atoms with Gasteiger partial charge >= 0.3 is 0 Å². The Morgan fingerprint density at radius 1 is 1.07 bits per heavy atom. The van der Waals surface area contributed by atoms with Crippen molar-refractivity contribution in [2.24, 2.45) is 0 Å². The molecule has 1 atom stereocenters. The second kappa shape index (κ2) is 8.24. The van der Waals surface area contributed by atoms with Crippen LogP contribution in [0, 0.1) is 5.82 Å². The molecule has 29 heavy (non-hydrogen) atoms. The highest BCUT2D eigenvalue weighted by atomic mass is 19.1. The number of hydrogen-bond acceptors (Lipinski definition) is 6. The Bertz CT molecular complexity index is 1100. The average Bonchev–Trinajstić information content (AvgIpc) is 3.17. The highest BCUT2D eigenvalue weighted by Gasteiger charge is 2.15. The highest BCUT2D eigenvalue weighted by Crippen LogP contribution is 2.26. The fraction of sp³-hybridized carbons (Fsp3) is 0.190. The van der Waals surface area contributed by atoms with Crippen LogP contribution in [-0.4, -0.2) is 38.0 Å². The molecule has 2 heterocycles. The molecule has 0 saturated carbocycles. The van der Waals surface area contributed by atoms with Crippen molar-refractivity contribution in [3.63, 3.8) is 0 Å². The molecule has 0 fully saturated rings. The van der Waals surface area contributed by atoms with Gasteiger partial charge < -0.3 is 15.7 Å². The number of anilines is 2. The first-order valence-electron chi connectivity index (χ1n) is 9.33. The van der Waals surface area contributed by atoms with Gasteiger partial charge in [0.25, 0.3) is 0 Å². The van der Waals surface area contributed by atoms with E-state index in [4.69, 9.17) is 0 Å². The van der Waals surface area contributed by atoms with Gasteiger partial charge in [-0.3, -0.25) is 0 Å². The predicted molar refractivity (Wildman–Crippen MR) is 111 cm³/mol. The maximum absolute atomic E-state index is 13.3. The van der Waals surface area contributed by atoms with E-state index in [1.54, 1.807) is 23.0 Å². The molecule has 2 aromatic heterocycles. The zero-order valence-corrected chi connectivity index (χ0v) is 15.9. The molecule has 0 aliphatic carbocycles. The number of aliphatic hydroxyl groups excluding tert-OH is 1. The SMILES string of the molecule is C[C@H](Nc1nc(NCCO)c2cnn(-c3ccc(F)cc3)c2n1)c1ccccc1. The average molecular weight is 392 g/mol. The number of rotatable bonds is 7. The quantitative estimate of drug-likeness (QED) is 0.446. The van der Waals surface area contributed by atoms with Crippen LogP contribution in [0.3, 0.4) is 0 Å². The lowest BCUT2D eigenvalue weighted by Crippen LogP contribution is -2.13. The molecular weight excluding hydrogens is 371 g/mol. The standard InChI is InChI=1S/C21H21FN6O/c1-14(15-5-3-2-4-6-15)25-21-26-19(23-11-12-29)18-13-24-28(20(18)27-21)17-9-7-16(22)8-10-17/h2-10,13-14,29H,11-12H2,1H3,(H2,23,25,26,27)/t14-/m0/s1. The van der Waals surface area contributed by atoms with Crippen molar-refractivity contribution in [3.05, 3.63) is 72.2 Å². The van der Waals surface area contributed by atoms with E-state index in [0.29, 0.717) is 35.0 Å². The van der Waals surface area contributed by atoms with Gasteiger partial charge in [0.2, 0.25) is 5.95 Å². The summed E-state index contributed by atoms with van der Waals surface area (Å²) >= 11 is 0. The van der Waals surface area contributed by atoms with Gasteiger partial charge in [-0.15, -0.1) is 0 Å². The highest BCUT2D eigenvalue weighted by molar-refractivity contribution is 5.88. The first kappa shape index (κ1) is 18.8. The summed E-state index contributed by atoms with van der Waals surface area (Å²) in [7, 11) is 0. The smallest absolute Gasteiger partial charge is 0.227 e. The van der Waals surface area contributed by atoms with Crippen molar-refractivity contribution in [2.75, 3.05) is 23.8 Å². The molecular formula is C21H21FN6O. The minimum absolute atomic E-state index is 0.0125. The molecule has 0 unspecified atom stereocenters. The zero-order chi connectivity index (χ0) is 20.2. The zero-order valence-electron chi connectivity index (χ0n) is 15.9. The van der Waals surface area contributed by atoms with Crippen LogP contribution in [0.25, 0.3) is 16.7 Å². The monoisotopic (exact) mass is 392 g/mol. The summed E-state index contributed by atoms with van der Waals surface area (Å²) < 4.78 is 15.0. The number of nitrogens with one attached hydrogen (secondary N) is 2. The van der Waals surface area contributed by atoms with E-state index in [9.17, 15) is 9.50 Å². The summed E-state index contributed by atoms with van der Waals surface area (Å²) in [4.78, 5) is 9.22. The van der Waals surface area contributed by atoms with Crippen LogP contribution < -0.4 is 10.6 Å². The number of hydrogen-bond donors (Lipinski definition) is 3. The van der Waals surface area contributed by atoms with Crippen molar-refractivity contribution in [1.29, 1.82) is 0 Å². The Labute approximate surface area is 167 Å². The summed E-state index contributed by atoms with van der Waals surface area (Å²) in [5.41, 5.74) is 2.37. The molecule has 2 aromatic carbocycles. The molecule has 148 valence electrons.